The number of aromatic hydroxyl groups is 1. The Morgan fingerprint density at radius 1 is 0.900 bits per heavy atom. The van der Waals surface area contributed by atoms with Gasteiger partial charge in [0.2, 0.25) is 5.91 Å². The first-order chi connectivity index (χ1) is 18.3. The number of carbonyl (C=O) groups excluding carboxylic acids is 3. The van der Waals surface area contributed by atoms with Gasteiger partial charge in [0.25, 0.3) is 5.91 Å². The number of rotatable bonds is 8. The molecule has 0 aromatic heterocycles. The van der Waals surface area contributed by atoms with Crippen molar-refractivity contribution in [1.82, 2.24) is 10.2 Å². The molecule has 0 radical (unpaired) electrons. The first kappa shape index (κ1) is 32.7. The summed E-state index contributed by atoms with van der Waals surface area (Å²) in [4.78, 5) is 42.9. The molecule has 0 saturated heterocycles. The third-order valence-corrected chi connectivity index (χ3v) is 6.46. The number of nitrogens with one attached hydrogen (secondary N) is 2. The molecule has 0 bridgehead atoms. The van der Waals surface area contributed by atoms with Gasteiger partial charge >= 0.3 is 6.09 Å². The van der Waals surface area contributed by atoms with Crippen molar-refractivity contribution in [2.45, 2.75) is 106 Å². The van der Waals surface area contributed by atoms with Crippen LogP contribution in [-0.4, -0.2) is 45.1 Å². The second-order valence-electron chi connectivity index (χ2n) is 12.9. The number of anilines is 1. The standard InChI is InChI=1S/C32H47N3O5/c1-19(2)18-24(33-30(39)40-32(9,10)11)29(38)35(31(6,7)8)26(23-17-13-16-22(5)27(23)36)28(37)34-25-20(3)14-12-15-21(25)4/h12-17,19,24,26,36H,18H2,1-11H3,(H,33,39)(H,34,37). The van der Waals surface area contributed by atoms with Gasteiger partial charge in [0, 0.05) is 16.8 Å². The maximum absolute atomic E-state index is 14.4. The van der Waals surface area contributed by atoms with Crippen molar-refractivity contribution < 1.29 is 24.2 Å². The van der Waals surface area contributed by atoms with Crippen molar-refractivity contribution in [2.24, 2.45) is 5.92 Å². The molecule has 0 aliphatic carbocycles. The number of phenols is 1. The molecule has 0 aliphatic heterocycles. The van der Waals surface area contributed by atoms with Gasteiger partial charge in [-0.15, -0.1) is 0 Å². The number of benzene rings is 2. The number of hydrogen-bond acceptors (Lipinski definition) is 5. The van der Waals surface area contributed by atoms with Crippen molar-refractivity contribution in [3.8, 4) is 5.75 Å². The van der Waals surface area contributed by atoms with Gasteiger partial charge in [-0.25, -0.2) is 4.79 Å². The summed E-state index contributed by atoms with van der Waals surface area (Å²) in [6.07, 6.45) is -0.384. The fourth-order valence-corrected chi connectivity index (χ4v) is 4.66. The minimum Gasteiger partial charge on any atom is -0.507 e. The highest BCUT2D eigenvalue weighted by atomic mass is 16.6. The zero-order chi connectivity index (χ0) is 30.6. The molecule has 8 heteroatoms. The van der Waals surface area contributed by atoms with Crippen LogP contribution in [0, 0.1) is 26.7 Å². The van der Waals surface area contributed by atoms with Gasteiger partial charge in [0.05, 0.1) is 0 Å². The van der Waals surface area contributed by atoms with Gasteiger partial charge in [-0.05, 0) is 91.3 Å². The number of aryl methyl sites for hydroxylation is 3. The van der Waals surface area contributed by atoms with Gasteiger partial charge in [-0.2, -0.15) is 0 Å². The summed E-state index contributed by atoms with van der Waals surface area (Å²) >= 11 is 0. The quantitative estimate of drug-likeness (QED) is 0.343. The Bertz CT molecular complexity index is 1200. The lowest BCUT2D eigenvalue weighted by Crippen LogP contribution is -2.58. The van der Waals surface area contributed by atoms with E-state index in [9.17, 15) is 19.5 Å². The van der Waals surface area contributed by atoms with Crippen molar-refractivity contribution in [3.05, 3.63) is 58.7 Å². The third kappa shape index (κ3) is 8.47. The average molecular weight is 554 g/mol. The van der Waals surface area contributed by atoms with E-state index in [0.717, 1.165) is 11.1 Å². The summed E-state index contributed by atoms with van der Waals surface area (Å²) < 4.78 is 5.46. The van der Waals surface area contributed by atoms with E-state index < -0.39 is 41.1 Å². The predicted octanol–water partition coefficient (Wildman–Crippen LogP) is 6.56. The lowest BCUT2D eigenvalue weighted by Gasteiger charge is -2.43. The van der Waals surface area contributed by atoms with E-state index in [2.05, 4.69) is 10.6 Å². The molecule has 2 atom stereocenters. The summed E-state index contributed by atoms with van der Waals surface area (Å²) in [5.74, 6) is -0.927. The van der Waals surface area contributed by atoms with Crippen LogP contribution in [0.4, 0.5) is 10.5 Å². The maximum Gasteiger partial charge on any atom is 0.408 e. The number of carbonyl (C=O) groups is 3. The van der Waals surface area contributed by atoms with Crippen LogP contribution >= 0.6 is 0 Å². The fraction of sp³-hybridized carbons (Fsp3) is 0.531. The van der Waals surface area contributed by atoms with Crippen LogP contribution in [0.1, 0.15) is 90.1 Å². The molecule has 0 saturated carbocycles. The van der Waals surface area contributed by atoms with E-state index >= 15 is 0 Å². The number of nitrogens with zero attached hydrogens (tertiary/aromatic N) is 1. The van der Waals surface area contributed by atoms with Gasteiger partial charge < -0.3 is 25.4 Å². The first-order valence-electron chi connectivity index (χ1n) is 13.8. The Hall–Kier alpha value is -3.55. The summed E-state index contributed by atoms with van der Waals surface area (Å²) in [5, 5.41) is 16.9. The van der Waals surface area contributed by atoms with Crippen LogP contribution in [-0.2, 0) is 14.3 Å². The molecule has 40 heavy (non-hydrogen) atoms. The highest BCUT2D eigenvalue weighted by Gasteiger charge is 2.43. The molecule has 2 unspecified atom stereocenters. The molecule has 0 heterocycles. The SMILES string of the molecule is Cc1cccc(C(C(=O)Nc2c(C)cccc2C)N(C(=O)C(CC(C)C)NC(=O)OC(C)(C)C)C(C)(C)C)c1O. The van der Waals surface area contributed by atoms with E-state index in [1.165, 1.54) is 4.90 Å². The van der Waals surface area contributed by atoms with Gasteiger partial charge in [-0.3, -0.25) is 9.59 Å². The number of ether oxygens (including phenoxy) is 1. The van der Waals surface area contributed by atoms with Crippen LogP contribution < -0.4 is 10.6 Å². The molecule has 2 aromatic carbocycles. The Balaban J connectivity index is 2.70. The lowest BCUT2D eigenvalue weighted by atomic mass is 9.92. The summed E-state index contributed by atoms with van der Waals surface area (Å²) in [5.41, 5.74) is 1.65. The molecule has 2 rings (SSSR count). The van der Waals surface area contributed by atoms with E-state index in [4.69, 9.17) is 4.74 Å². The molecule has 220 valence electrons. The summed E-state index contributed by atoms with van der Waals surface area (Å²) in [7, 11) is 0. The maximum atomic E-state index is 14.4. The van der Waals surface area contributed by atoms with Crippen LogP contribution in [0.15, 0.2) is 36.4 Å². The summed E-state index contributed by atoms with van der Waals surface area (Å²) in [6, 6.07) is 8.71. The Morgan fingerprint density at radius 3 is 1.93 bits per heavy atom. The Kier molecular flexibility index (Phi) is 10.4. The smallest absolute Gasteiger partial charge is 0.408 e. The van der Waals surface area contributed by atoms with Crippen molar-refractivity contribution >= 4 is 23.6 Å². The highest BCUT2D eigenvalue weighted by Crippen LogP contribution is 2.37. The number of para-hydroxylation sites is 2. The molecule has 2 aromatic rings. The molecule has 0 aliphatic rings. The van der Waals surface area contributed by atoms with Crippen molar-refractivity contribution in [1.29, 1.82) is 0 Å². The van der Waals surface area contributed by atoms with E-state index in [1.807, 2.05) is 66.7 Å². The number of phenolic OH excluding ortho intramolecular Hbond substituents is 1. The molecule has 3 amide bonds. The average Bonchev–Trinajstić information content (AvgIpc) is 2.78. The molecule has 3 N–H and O–H groups in total. The zero-order valence-electron chi connectivity index (χ0n) is 25.9. The minimum atomic E-state index is -1.19. The summed E-state index contributed by atoms with van der Waals surface area (Å²) in [6.45, 7) is 20.2. The first-order valence-corrected chi connectivity index (χ1v) is 13.8. The molecular weight excluding hydrogens is 506 g/mol. The third-order valence-electron chi connectivity index (χ3n) is 6.46. The topological polar surface area (TPSA) is 108 Å². The monoisotopic (exact) mass is 553 g/mol. The van der Waals surface area contributed by atoms with Crippen LogP contribution in [0.25, 0.3) is 0 Å². The van der Waals surface area contributed by atoms with Gasteiger partial charge in [0.15, 0.2) is 0 Å². The van der Waals surface area contributed by atoms with Crippen molar-refractivity contribution in [3.63, 3.8) is 0 Å². The van der Waals surface area contributed by atoms with Gasteiger partial charge in [-0.1, -0.05) is 50.2 Å². The van der Waals surface area contributed by atoms with Crippen LogP contribution in [0.5, 0.6) is 5.75 Å². The second-order valence-corrected chi connectivity index (χ2v) is 12.9. The Morgan fingerprint density at radius 2 is 1.43 bits per heavy atom. The van der Waals surface area contributed by atoms with Gasteiger partial charge in [0.1, 0.15) is 23.4 Å². The lowest BCUT2D eigenvalue weighted by molar-refractivity contribution is -0.147. The van der Waals surface area contributed by atoms with E-state index in [0.29, 0.717) is 23.2 Å². The second kappa shape index (κ2) is 12.7. The van der Waals surface area contributed by atoms with E-state index in [-0.39, 0.29) is 11.7 Å². The van der Waals surface area contributed by atoms with E-state index in [1.54, 1.807) is 45.9 Å². The molecule has 8 nitrogen and oxygen atoms in total. The number of amides is 3. The largest absolute Gasteiger partial charge is 0.507 e. The predicted molar refractivity (Wildman–Crippen MR) is 159 cm³/mol. The minimum absolute atomic E-state index is 0.0555. The fourth-order valence-electron chi connectivity index (χ4n) is 4.66. The number of alkyl carbamates (subject to hydrolysis) is 1. The molecular formula is C32H47N3O5. The number of hydrogen-bond donors (Lipinski definition) is 3. The van der Waals surface area contributed by atoms with Crippen LogP contribution in [0.2, 0.25) is 0 Å². The zero-order valence-corrected chi connectivity index (χ0v) is 25.9. The highest BCUT2D eigenvalue weighted by molar-refractivity contribution is 6.00. The van der Waals surface area contributed by atoms with Crippen molar-refractivity contribution in [2.75, 3.05) is 5.32 Å². The Labute approximate surface area is 239 Å². The normalized spacial score (nSPS) is 13.4. The molecule has 0 spiro atoms. The van der Waals surface area contributed by atoms with Crippen LogP contribution in [0.3, 0.4) is 0 Å². The molecule has 0 fully saturated rings.